The molecule has 1 rings (SSSR count). The van der Waals surface area contributed by atoms with Gasteiger partial charge >= 0.3 is 5.97 Å². The van der Waals surface area contributed by atoms with E-state index in [1.165, 1.54) is 12.0 Å². The van der Waals surface area contributed by atoms with Crippen LogP contribution in [0, 0.1) is 0 Å². The van der Waals surface area contributed by atoms with Gasteiger partial charge in [0.25, 0.3) is 5.91 Å². The Kier molecular flexibility index (Phi) is 5.32. The highest BCUT2D eigenvalue weighted by molar-refractivity contribution is 5.82. The first-order valence-corrected chi connectivity index (χ1v) is 5.60. The van der Waals surface area contributed by atoms with Gasteiger partial charge in [0, 0.05) is 20.7 Å². The first kappa shape index (κ1) is 14.2. The third-order valence-corrected chi connectivity index (χ3v) is 2.60. The number of likely N-dealkylation sites (N-methyl/N-ethyl adjacent to an activating group) is 1. The Hall–Kier alpha value is -1.88. The number of carbonyl (C=O) groups excluding carboxylic acids is 1. The molecule has 1 amide bonds. The topological polar surface area (TPSA) is 66.8 Å². The number of aliphatic carboxylic acids is 1. The molecule has 0 aromatic heterocycles. The van der Waals surface area contributed by atoms with Crippen molar-refractivity contribution in [3.8, 4) is 0 Å². The number of carbonyl (C=O) groups is 2. The van der Waals surface area contributed by atoms with Gasteiger partial charge in [0.05, 0.1) is 6.42 Å². The summed E-state index contributed by atoms with van der Waals surface area (Å²) in [6.45, 7) is 0.168. The molecule has 0 bridgehead atoms. The van der Waals surface area contributed by atoms with Crippen molar-refractivity contribution in [2.75, 3.05) is 20.7 Å². The molecule has 0 saturated carbocycles. The summed E-state index contributed by atoms with van der Waals surface area (Å²) < 4.78 is 5.19. The summed E-state index contributed by atoms with van der Waals surface area (Å²) in [5, 5.41) is 8.59. The predicted octanol–water partition coefficient (Wildman–Crippen LogP) is 1.31. The zero-order valence-corrected chi connectivity index (χ0v) is 10.5. The Labute approximate surface area is 106 Å². The summed E-state index contributed by atoms with van der Waals surface area (Å²) in [4.78, 5) is 23.9. The lowest BCUT2D eigenvalue weighted by molar-refractivity contribution is -0.142. The number of methoxy groups -OCH3 is 1. The lowest BCUT2D eigenvalue weighted by atomic mass is 10.1. The number of carboxylic acid groups (broad SMARTS) is 1. The minimum Gasteiger partial charge on any atom is -0.481 e. The van der Waals surface area contributed by atoms with E-state index >= 15 is 0 Å². The van der Waals surface area contributed by atoms with E-state index in [4.69, 9.17) is 9.84 Å². The van der Waals surface area contributed by atoms with Crippen LogP contribution in [0.3, 0.4) is 0 Å². The van der Waals surface area contributed by atoms with E-state index in [2.05, 4.69) is 0 Å². The maximum atomic E-state index is 12.1. The third-order valence-electron chi connectivity index (χ3n) is 2.60. The summed E-state index contributed by atoms with van der Waals surface area (Å²) >= 11 is 0. The standard InChI is InChI=1S/C13H17NO4/c1-14(9-8-11(15)16)13(17)12(18-2)10-6-4-3-5-7-10/h3-7,12H,8-9H2,1-2H3,(H,15,16)/t12-/m1/s1. The van der Waals surface area contributed by atoms with Crippen LogP contribution in [0.5, 0.6) is 0 Å². The fourth-order valence-electron chi connectivity index (χ4n) is 1.58. The van der Waals surface area contributed by atoms with Gasteiger partial charge in [-0.1, -0.05) is 30.3 Å². The molecule has 18 heavy (non-hydrogen) atoms. The quantitative estimate of drug-likeness (QED) is 0.827. The lowest BCUT2D eigenvalue weighted by Crippen LogP contribution is -2.34. The number of nitrogens with zero attached hydrogens (tertiary/aromatic N) is 1. The van der Waals surface area contributed by atoms with Crippen LogP contribution in [-0.4, -0.2) is 42.6 Å². The highest BCUT2D eigenvalue weighted by Gasteiger charge is 2.23. The molecule has 0 radical (unpaired) electrons. The number of hydrogen-bond acceptors (Lipinski definition) is 3. The van der Waals surface area contributed by atoms with Crippen LogP contribution in [0.2, 0.25) is 0 Å². The van der Waals surface area contributed by atoms with Crippen molar-refractivity contribution >= 4 is 11.9 Å². The van der Waals surface area contributed by atoms with E-state index < -0.39 is 12.1 Å². The molecule has 98 valence electrons. The first-order valence-electron chi connectivity index (χ1n) is 5.60. The number of benzene rings is 1. The van der Waals surface area contributed by atoms with E-state index in [1.807, 2.05) is 18.2 Å². The normalized spacial score (nSPS) is 11.9. The lowest BCUT2D eigenvalue weighted by Gasteiger charge is -2.22. The van der Waals surface area contributed by atoms with E-state index in [0.29, 0.717) is 0 Å². The van der Waals surface area contributed by atoms with E-state index in [1.54, 1.807) is 19.2 Å². The molecule has 1 atom stereocenters. The second-order valence-corrected chi connectivity index (χ2v) is 3.93. The average molecular weight is 251 g/mol. The monoisotopic (exact) mass is 251 g/mol. The van der Waals surface area contributed by atoms with Crippen LogP contribution in [0.15, 0.2) is 30.3 Å². The Balaban J connectivity index is 2.71. The van der Waals surface area contributed by atoms with Crippen molar-refractivity contribution in [1.82, 2.24) is 4.90 Å². The van der Waals surface area contributed by atoms with Gasteiger partial charge in [-0.3, -0.25) is 9.59 Å². The van der Waals surface area contributed by atoms with Gasteiger partial charge in [-0.05, 0) is 5.56 Å². The molecule has 1 aromatic rings. The van der Waals surface area contributed by atoms with Crippen LogP contribution in [0.4, 0.5) is 0 Å². The zero-order valence-electron chi connectivity index (χ0n) is 10.5. The first-order chi connectivity index (χ1) is 8.56. The number of amides is 1. The van der Waals surface area contributed by atoms with Crippen LogP contribution >= 0.6 is 0 Å². The molecule has 0 heterocycles. The number of carboxylic acids is 1. The minimum atomic E-state index is -0.927. The van der Waals surface area contributed by atoms with Crippen LogP contribution < -0.4 is 0 Å². The van der Waals surface area contributed by atoms with Gasteiger partial charge in [-0.25, -0.2) is 0 Å². The molecule has 0 fully saturated rings. The van der Waals surface area contributed by atoms with Gasteiger partial charge in [0.1, 0.15) is 0 Å². The molecule has 1 N–H and O–H groups in total. The smallest absolute Gasteiger partial charge is 0.305 e. The molecule has 5 nitrogen and oxygen atoms in total. The van der Waals surface area contributed by atoms with Crippen molar-refractivity contribution in [1.29, 1.82) is 0 Å². The molecule has 0 saturated heterocycles. The minimum absolute atomic E-state index is 0.0759. The molecule has 5 heteroatoms. The Morgan fingerprint density at radius 1 is 1.33 bits per heavy atom. The van der Waals surface area contributed by atoms with Gasteiger partial charge < -0.3 is 14.7 Å². The van der Waals surface area contributed by atoms with Crippen molar-refractivity contribution in [3.63, 3.8) is 0 Å². The SMILES string of the molecule is CO[C@@H](C(=O)N(C)CCC(=O)O)c1ccccc1. The molecular weight excluding hydrogens is 234 g/mol. The summed E-state index contributed by atoms with van der Waals surface area (Å²) in [5.74, 6) is -1.17. The molecular formula is C13H17NO4. The maximum Gasteiger partial charge on any atom is 0.305 e. The molecule has 0 unspecified atom stereocenters. The maximum absolute atomic E-state index is 12.1. The average Bonchev–Trinajstić information content (AvgIpc) is 2.38. The van der Waals surface area contributed by atoms with E-state index in [-0.39, 0.29) is 18.9 Å². The van der Waals surface area contributed by atoms with Crippen LogP contribution in [-0.2, 0) is 14.3 Å². The highest BCUT2D eigenvalue weighted by Crippen LogP contribution is 2.18. The van der Waals surface area contributed by atoms with Gasteiger partial charge in [0.15, 0.2) is 6.10 Å². The summed E-state index contributed by atoms with van der Waals surface area (Å²) in [5.41, 5.74) is 0.757. The second kappa shape index (κ2) is 6.76. The Morgan fingerprint density at radius 3 is 2.44 bits per heavy atom. The van der Waals surface area contributed by atoms with Crippen LogP contribution in [0.25, 0.3) is 0 Å². The molecule has 0 spiro atoms. The van der Waals surface area contributed by atoms with Gasteiger partial charge in [-0.15, -0.1) is 0 Å². The number of ether oxygens (including phenoxy) is 1. The summed E-state index contributed by atoms with van der Waals surface area (Å²) in [6, 6.07) is 9.11. The Morgan fingerprint density at radius 2 is 1.94 bits per heavy atom. The van der Waals surface area contributed by atoms with Gasteiger partial charge in [0.2, 0.25) is 0 Å². The number of rotatable bonds is 6. The highest BCUT2D eigenvalue weighted by atomic mass is 16.5. The number of hydrogen-bond donors (Lipinski definition) is 1. The largest absolute Gasteiger partial charge is 0.481 e. The van der Waals surface area contributed by atoms with Crippen molar-refractivity contribution in [3.05, 3.63) is 35.9 Å². The fourth-order valence-corrected chi connectivity index (χ4v) is 1.58. The summed E-state index contributed by atoms with van der Waals surface area (Å²) in [6.07, 6.45) is -0.766. The third kappa shape index (κ3) is 3.85. The Bertz CT molecular complexity index is 405. The van der Waals surface area contributed by atoms with E-state index in [9.17, 15) is 9.59 Å². The zero-order chi connectivity index (χ0) is 13.5. The van der Waals surface area contributed by atoms with Crippen molar-refractivity contribution in [2.45, 2.75) is 12.5 Å². The fraction of sp³-hybridized carbons (Fsp3) is 0.385. The molecule has 0 aliphatic carbocycles. The van der Waals surface area contributed by atoms with Crippen molar-refractivity contribution in [2.24, 2.45) is 0 Å². The molecule has 0 aliphatic rings. The van der Waals surface area contributed by atoms with Crippen molar-refractivity contribution < 1.29 is 19.4 Å². The van der Waals surface area contributed by atoms with E-state index in [0.717, 1.165) is 5.56 Å². The van der Waals surface area contributed by atoms with Crippen LogP contribution in [0.1, 0.15) is 18.1 Å². The predicted molar refractivity (Wildman–Crippen MR) is 66.1 cm³/mol. The molecule has 0 aliphatic heterocycles. The second-order valence-electron chi connectivity index (χ2n) is 3.93. The summed E-state index contributed by atoms with van der Waals surface area (Å²) in [7, 11) is 3.03. The van der Waals surface area contributed by atoms with Gasteiger partial charge in [-0.2, -0.15) is 0 Å². The molecule has 1 aromatic carbocycles.